The number of urea groups is 1. The van der Waals surface area contributed by atoms with Gasteiger partial charge in [0.15, 0.2) is 0 Å². The van der Waals surface area contributed by atoms with E-state index in [0.29, 0.717) is 12.6 Å². The number of halogens is 1. The third kappa shape index (κ3) is 6.26. The highest BCUT2D eigenvalue weighted by Crippen LogP contribution is 2.29. The lowest BCUT2D eigenvalue weighted by atomic mass is 9.90. The van der Waals surface area contributed by atoms with E-state index in [4.69, 9.17) is 4.74 Å². The topological polar surface area (TPSA) is 44.8 Å². The predicted octanol–water partition coefficient (Wildman–Crippen LogP) is 5.09. The number of benzene rings is 2. The first-order valence-corrected chi connectivity index (χ1v) is 12.5. The number of carbonyl (C=O) groups is 1. The molecule has 1 atom stereocenters. The number of nitrogens with one attached hydrogen (secondary N) is 1. The zero-order valence-corrected chi connectivity index (χ0v) is 20.5. The first-order chi connectivity index (χ1) is 15.6. The van der Waals surface area contributed by atoms with E-state index in [-0.39, 0.29) is 6.03 Å². The highest BCUT2D eigenvalue weighted by molar-refractivity contribution is 9.10. The molecule has 2 aliphatic rings. The Balaban J connectivity index is 1.17. The molecule has 2 aromatic rings. The molecule has 4 rings (SSSR count). The zero-order chi connectivity index (χ0) is 22.3. The SMILES string of the molecule is COc1ccc(Br)c(CC2CCN(CCC3CCN(Cc4ccccc4)C(=O)N3)CC2)c1. The molecule has 0 saturated carbocycles. The second-order valence-electron chi connectivity index (χ2n) is 9.08. The van der Waals surface area contributed by atoms with Crippen LogP contribution in [-0.2, 0) is 13.0 Å². The van der Waals surface area contributed by atoms with Crippen LogP contribution in [0.15, 0.2) is 53.0 Å². The van der Waals surface area contributed by atoms with Crippen LogP contribution in [0.25, 0.3) is 0 Å². The summed E-state index contributed by atoms with van der Waals surface area (Å²) in [6.45, 7) is 4.89. The molecule has 6 heteroatoms. The van der Waals surface area contributed by atoms with Gasteiger partial charge in [0, 0.05) is 30.1 Å². The molecule has 172 valence electrons. The van der Waals surface area contributed by atoms with Gasteiger partial charge in [-0.1, -0.05) is 46.3 Å². The molecule has 2 heterocycles. The maximum Gasteiger partial charge on any atom is 0.317 e. The number of carbonyl (C=O) groups excluding carboxylic acids is 1. The minimum atomic E-state index is 0.0766. The molecule has 1 unspecified atom stereocenters. The summed E-state index contributed by atoms with van der Waals surface area (Å²) in [7, 11) is 1.72. The lowest BCUT2D eigenvalue weighted by Gasteiger charge is -2.36. The Hall–Kier alpha value is -2.05. The Bertz CT molecular complexity index is 884. The van der Waals surface area contributed by atoms with Crippen LogP contribution in [0.3, 0.4) is 0 Å². The van der Waals surface area contributed by atoms with Gasteiger partial charge in [-0.05, 0) is 80.4 Å². The zero-order valence-electron chi connectivity index (χ0n) is 18.9. The summed E-state index contributed by atoms with van der Waals surface area (Å²) in [5.41, 5.74) is 2.53. The van der Waals surface area contributed by atoms with Gasteiger partial charge in [0.05, 0.1) is 7.11 Å². The van der Waals surface area contributed by atoms with E-state index in [0.717, 1.165) is 57.1 Å². The van der Waals surface area contributed by atoms with Crippen LogP contribution in [0.2, 0.25) is 0 Å². The Labute approximate surface area is 200 Å². The third-order valence-electron chi connectivity index (χ3n) is 6.84. The lowest BCUT2D eigenvalue weighted by Crippen LogP contribution is -2.52. The number of ether oxygens (including phenoxy) is 1. The highest BCUT2D eigenvalue weighted by atomic mass is 79.9. The molecule has 0 radical (unpaired) electrons. The number of hydrogen-bond acceptors (Lipinski definition) is 3. The van der Waals surface area contributed by atoms with Crippen LogP contribution in [0, 0.1) is 5.92 Å². The first-order valence-electron chi connectivity index (χ1n) is 11.7. The molecule has 5 nitrogen and oxygen atoms in total. The fraction of sp³-hybridized carbons (Fsp3) is 0.500. The molecule has 2 fully saturated rings. The van der Waals surface area contributed by atoms with Crippen LogP contribution in [0.5, 0.6) is 5.75 Å². The number of rotatable bonds is 8. The van der Waals surface area contributed by atoms with E-state index in [1.54, 1.807) is 7.11 Å². The summed E-state index contributed by atoms with van der Waals surface area (Å²) in [6, 6.07) is 16.8. The van der Waals surface area contributed by atoms with Crippen molar-refractivity contribution in [2.24, 2.45) is 5.92 Å². The number of amides is 2. The van der Waals surface area contributed by atoms with Gasteiger partial charge in [-0.3, -0.25) is 0 Å². The van der Waals surface area contributed by atoms with E-state index in [1.165, 1.54) is 28.4 Å². The third-order valence-corrected chi connectivity index (χ3v) is 7.61. The summed E-state index contributed by atoms with van der Waals surface area (Å²) in [5, 5.41) is 3.23. The quantitative estimate of drug-likeness (QED) is 0.550. The van der Waals surface area contributed by atoms with Gasteiger partial charge in [0.1, 0.15) is 5.75 Å². The molecule has 0 spiro atoms. The highest BCUT2D eigenvalue weighted by Gasteiger charge is 2.26. The summed E-state index contributed by atoms with van der Waals surface area (Å²) in [5.74, 6) is 1.65. The average Bonchev–Trinajstić information content (AvgIpc) is 2.82. The Morgan fingerprint density at radius 3 is 2.56 bits per heavy atom. The van der Waals surface area contributed by atoms with E-state index in [1.807, 2.05) is 29.2 Å². The second-order valence-corrected chi connectivity index (χ2v) is 9.93. The monoisotopic (exact) mass is 499 g/mol. The number of hydrogen-bond donors (Lipinski definition) is 1. The van der Waals surface area contributed by atoms with Gasteiger partial charge in [-0.25, -0.2) is 4.79 Å². The summed E-state index contributed by atoms with van der Waals surface area (Å²) >= 11 is 3.69. The van der Waals surface area contributed by atoms with Crippen molar-refractivity contribution < 1.29 is 9.53 Å². The van der Waals surface area contributed by atoms with E-state index in [9.17, 15) is 4.79 Å². The van der Waals surface area contributed by atoms with Crippen LogP contribution in [0.1, 0.15) is 36.8 Å². The minimum Gasteiger partial charge on any atom is -0.497 e. The molecule has 32 heavy (non-hydrogen) atoms. The van der Waals surface area contributed by atoms with E-state index in [2.05, 4.69) is 50.4 Å². The van der Waals surface area contributed by atoms with Crippen LogP contribution >= 0.6 is 15.9 Å². The van der Waals surface area contributed by atoms with Crippen molar-refractivity contribution in [1.82, 2.24) is 15.1 Å². The minimum absolute atomic E-state index is 0.0766. The van der Waals surface area contributed by atoms with Gasteiger partial charge in [0.25, 0.3) is 0 Å². The van der Waals surface area contributed by atoms with Crippen LogP contribution < -0.4 is 10.1 Å². The van der Waals surface area contributed by atoms with Crippen molar-refractivity contribution in [2.75, 3.05) is 33.3 Å². The van der Waals surface area contributed by atoms with Crippen molar-refractivity contribution in [3.05, 3.63) is 64.1 Å². The Morgan fingerprint density at radius 1 is 1.06 bits per heavy atom. The van der Waals surface area contributed by atoms with Crippen molar-refractivity contribution >= 4 is 22.0 Å². The number of nitrogens with zero attached hydrogens (tertiary/aromatic N) is 2. The van der Waals surface area contributed by atoms with Crippen molar-refractivity contribution in [1.29, 1.82) is 0 Å². The van der Waals surface area contributed by atoms with Crippen molar-refractivity contribution in [3.8, 4) is 5.75 Å². The molecule has 2 aromatic carbocycles. The maximum absolute atomic E-state index is 12.5. The van der Waals surface area contributed by atoms with Gasteiger partial charge >= 0.3 is 6.03 Å². The van der Waals surface area contributed by atoms with Gasteiger partial charge in [0.2, 0.25) is 0 Å². The van der Waals surface area contributed by atoms with E-state index < -0.39 is 0 Å². The molecular weight excluding hydrogens is 466 g/mol. The fourth-order valence-corrected chi connectivity index (χ4v) is 5.23. The number of piperidine rings is 1. The Morgan fingerprint density at radius 2 is 1.84 bits per heavy atom. The van der Waals surface area contributed by atoms with Gasteiger partial charge < -0.3 is 19.9 Å². The predicted molar refractivity (Wildman–Crippen MR) is 132 cm³/mol. The molecule has 0 aliphatic carbocycles. The normalized spacial score (nSPS) is 20.2. The van der Waals surface area contributed by atoms with Crippen LogP contribution in [-0.4, -0.2) is 55.2 Å². The van der Waals surface area contributed by atoms with Crippen molar-refractivity contribution in [3.63, 3.8) is 0 Å². The summed E-state index contributed by atoms with van der Waals surface area (Å²) in [4.78, 5) is 17.0. The molecule has 2 amide bonds. The molecule has 2 saturated heterocycles. The smallest absolute Gasteiger partial charge is 0.317 e. The molecule has 2 aliphatic heterocycles. The van der Waals surface area contributed by atoms with Gasteiger partial charge in [-0.15, -0.1) is 0 Å². The average molecular weight is 500 g/mol. The summed E-state index contributed by atoms with van der Waals surface area (Å²) in [6.07, 6.45) is 5.62. The van der Waals surface area contributed by atoms with E-state index >= 15 is 0 Å². The molecule has 1 N–H and O–H groups in total. The largest absolute Gasteiger partial charge is 0.497 e. The van der Waals surface area contributed by atoms with Crippen LogP contribution in [0.4, 0.5) is 4.79 Å². The molecule has 0 aromatic heterocycles. The standard InChI is InChI=1S/C26H34BrN3O2/c1-32-24-7-8-25(27)22(18-24)17-20-9-13-29(14-10-20)15-11-23-12-16-30(26(31)28-23)19-21-5-3-2-4-6-21/h2-8,18,20,23H,9-17,19H2,1H3,(H,28,31). The second kappa shape index (κ2) is 11.2. The van der Waals surface area contributed by atoms with Gasteiger partial charge in [-0.2, -0.15) is 0 Å². The molecule has 0 bridgehead atoms. The number of methoxy groups -OCH3 is 1. The van der Waals surface area contributed by atoms with Crippen molar-refractivity contribution in [2.45, 2.75) is 44.7 Å². The first kappa shape index (κ1) is 23.1. The molecular formula is C26H34BrN3O2. The lowest BCUT2D eigenvalue weighted by molar-refractivity contribution is 0.153. The number of likely N-dealkylation sites (tertiary alicyclic amines) is 1. The summed E-state index contributed by atoms with van der Waals surface area (Å²) < 4.78 is 6.56. The fourth-order valence-electron chi connectivity index (χ4n) is 4.82. The Kier molecular flexibility index (Phi) is 8.09. The maximum atomic E-state index is 12.5.